The Hall–Kier alpha value is -2.35. The normalized spacial score (nSPS) is 15.0. The van der Waals surface area contributed by atoms with Crippen molar-refractivity contribution in [3.05, 3.63) is 23.7 Å². The van der Waals surface area contributed by atoms with Gasteiger partial charge in [-0.3, -0.25) is 19.9 Å². The second kappa shape index (κ2) is 4.26. The van der Waals surface area contributed by atoms with Crippen LogP contribution < -0.4 is 16.6 Å². The van der Waals surface area contributed by atoms with Crippen molar-refractivity contribution < 1.29 is 18.8 Å². The van der Waals surface area contributed by atoms with E-state index in [4.69, 9.17) is 10.3 Å². The van der Waals surface area contributed by atoms with E-state index in [9.17, 15) is 14.4 Å². The van der Waals surface area contributed by atoms with Crippen LogP contribution in [0.25, 0.3) is 0 Å². The summed E-state index contributed by atoms with van der Waals surface area (Å²) in [5.74, 6) is 4.44. The summed E-state index contributed by atoms with van der Waals surface area (Å²) in [6, 6.07) is 0.942. The van der Waals surface area contributed by atoms with Crippen molar-refractivity contribution in [3.8, 4) is 0 Å². The topological polar surface area (TPSA) is 118 Å². The molecule has 17 heavy (non-hydrogen) atoms. The highest BCUT2D eigenvalue weighted by Crippen LogP contribution is 2.12. The number of hydrogen-bond donors (Lipinski definition) is 3. The Morgan fingerprint density at radius 2 is 2.35 bits per heavy atom. The maximum atomic E-state index is 11.3. The summed E-state index contributed by atoms with van der Waals surface area (Å²) in [5, 5.41) is 2.38. The van der Waals surface area contributed by atoms with Gasteiger partial charge in [0.2, 0.25) is 5.91 Å². The number of rotatable bonds is 3. The Morgan fingerprint density at radius 3 is 2.94 bits per heavy atom. The Bertz CT molecular complexity index is 465. The lowest BCUT2D eigenvalue weighted by Crippen LogP contribution is -2.30. The quantitative estimate of drug-likeness (QED) is 0.268. The molecule has 0 saturated carbocycles. The van der Waals surface area contributed by atoms with E-state index in [1.165, 1.54) is 12.3 Å². The molecule has 8 nitrogen and oxygen atoms in total. The lowest BCUT2D eigenvalue weighted by molar-refractivity contribution is -0.125. The van der Waals surface area contributed by atoms with Crippen LogP contribution in [0.1, 0.15) is 16.1 Å². The van der Waals surface area contributed by atoms with Crippen molar-refractivity contribution in [1.29, 1.82) is 0 Å². The summed E-state index contributed by atoms with van der Waals surface area (Å²) in [7, 11) is 0. The standard InChI is InChI=1S/C9H10N4O4/c10-12-8(15)5-1-6(17-4-5)3-13-7(14)2-11-9(13)16/h1,4H,2-3,10H2,(H,11,16)(H,12,15). The minimum Gasteiger partial charge on any atom is -0.467 e. The van der Waals surface area contributed by atoms with Crippen LogP contribution in [-0.2, 0) is 11.3 Å². The first-order valence-electron chi connectivity index (χ1n) is 4.78. The maximum Gasteiger partial charge on any atom is 0.325 e. The van der Waals surface area contributed by atoms with Crippen LogP contribution in [0.3, 0.4) is 0 Å². The number of nitrogen functional groups attached to an aromatic ring is 1. The van der Waals surface area contributed by atoms with Crippen LogP contribution >= 0.6 is 0 Å². The maximum absolute atomic E-state index is 11.3. The van der Waals surface area contributed by atoms with E-state index in [1.807, 2.05) is 5.43 Å². The number of nitrogens with one attached hydrogen (secondary N) is 2. The third-order valence-corrected chi connectivity index (χ3v) is 2.30. The number of furan rings is 1. The minimum absolute atomic E-state index is 0.0114. The number of carbonyl (C=O) groups is 3. The smallest absolute Gasteiger partial charge is 0.325 e. The molecular weight excluding hydrogens is 228 g/mol. The van der Waals surface area contributed by atoms with Crippen molar-refractivity contribution in [2.24, 2.45) is 5.84 Å². The van der Waals surface area contributed by atoms with Gasteiger partial charge >= 0.3 is 6.03 Å². The summed E-state index contributed by atoms with van der Waals surface area (Å²) in [4.78, 5) is 34.7. The minimum atomic E-state index is -0.503. The fraction of sp³-hybridized carbons (Fsp3) is 0.222. The molecule has 0 spiro atoms. The average Bonchev–Trinajstić information content (AvgIpc) is 2.90. The van der Waals surface area contributed by atoms with Crippen LogP contribution in [0.15, 0.2) is 16.7 Å². The van der Waals surface area contributed by atoms with Crippen molar-refractivity contribution in [1.82, 2.24) is 15.6 Å². The number of nitrogens with two attached hydrogens (primary N) is 1. The highest BCUT2D eigenvalue weighted by atomic mass is 16.3. The summed E-state index contributed by atoms with van der Waals surface area (Å²) in [6.45, 7) is -0.0296. The van der Waals surface area contributed by atoms with Gasteiger partial charge in [-0.05, 0) is 6.07 Å². The van der Waals surface area contributed by atoms with Crippen molar-refractivity contribution in [2.45, 2.75) is 6.54 Å². The highest BCUT2D eigenvalue weighted by molar-refractivity contribution is 6.01. The Kier molecular flexibility index (Phi) is 2.79. The predicted molar refractivity (Wildman–Crippen MR) is 54.3 cm³/mol. The molecule has 0 unspecified atom stereocenters. The van der Waals surface area contributed by atoms with Gasteiger partial charge in [0.1, 0.15) is 12.0 Å². The third kappa shape index (κ3) is 2.11. The van der Waals surface area contributed by atoms with Gasteiger partial charge in [0.15, 0.2) is 0 Å². The molecule has 0 aromatic carbocycles. The summed E-state index contributed by atoms with van der Waals surface area (Å²) < 4.78 is 5.06. The molecule has 0 aliphatic carbocycles. The van der Waals surface area contributed by atoms with E-state index < -0.39 is 11.9 Å². The number of nitrogens with zero attached hydrogens (tertiary/aromatic N) is 1. The van der Waals surface area contributed by atoms with E-state index in [1.54, 1.807) is 0 Å². The number of amides is 4. The molecule has 0 atom stereocenters. The molecule has 2 heterocycles. The number of imide groups is 1. The number of hydrogen-bond acceptors (Lipinski definition) is 5. The fourth-order valence-corrected chi connectivity index (χ4v) is 1.44. The zero-order chi connectivity index (χ0) is 12.4. The molecular formula is C9H10N4O4. The Morgan fingerprint density at radius 1 is 1.59 bits per heavy atom. The Labute approximate surface area is 95.7 Å². The molecule has 90 valence electrons. The second-order valence-corrected chi connectivity index (χ2v) is 3.41. The number of urea groups is 1. The van der Waals surface area contributed by atoms with Crippen LogP contribution in [0, 0.1) is 0 Å². The van der Waals surface area contributed by atoms with Gasteiger partial charge in [-0.2, -0.15) is 0 Å². The van der Waals surface area contributed by atoms with E-state index in [2.05, 4.69) is 5.32 Å². The zero-order valence-electron chi connectivity index (χ0n) is 8.73. The highest BCUT2D eigenvalue weighted by Gasteiger charge is 2.29. The van der Waals surface area contributed by atoms with E-state index in [-0.39, 0.29) is 24.6 Å². The zero-order valence-corrected chi connectivity index (χ0v) is 8.73. The number of hydrazine groups is 1. The lowest BCUT2D eigenvalue weighted by Gasteiger charge is -2.09. The number of carbonyl (C=O) groups excluding carboxylic acids is 3. The second-order valence-electron chi connectivity index (χ2n) is 3.41. The molecule has 1 aliphatic rings. The van der Waals surface area contributed by atoms with Crippen LogP contribution in [-0.4, -0.2) is 29.3 Å². The summed E-state index contributed by atoms with van der Waals surface area (Å²) >= 11 is 0. The first-order chi connectivity index (χ1) is 8.11. The van der Waals surface area contributed by atoms with Gasteiger partial charge in [0.05, 0.1) is 18.7 Å². The van der Waals surface area contributed by atoms with Gasteiger partial charge < -0.3 is 9.73 Å². The molecule has 0 radical (unpaired) electrons. The van der Waals surface area contributed by atoms with Crippen LogP contribution in [0.4, 0.5) is 4.79 Å². The van der Waals surface area contributed by atoms with Gasteiger partial charge in [0.25, 0.3) is 5.91 Å². The molecule has 8 heteroatoms. The lowest BCUT2D eigenvalue weighted by atomic mass is 10.3. The molecule has 1 fully saturated rings. The fourth-order valence-electron chi connectivity index (χ4n) is 1.44. The van der Waals surface area contributed by atoms with E-state index >= 15 is 0 Å². The molecule has 2 rings (SSSR count). The Balaban J connectivity index is 2.09. The van der Waals surface area contributed by atoms with Crippen molar-refractivity contribution in [2.75, 3.05) is 6.54 Å². The average molecular weight is 238 g/mol. The van der Waals surface area contributed by atoms with Crippen LogP contribution in [0.5, 0.6) is 0 Å². The van der Waals surface area contributed by atoms with Gasteiger partial charge in [-0.15, -0.1) is 0 Å². The van der Waals surface area contributed by atoms with E-state index in [0.29, 0.717) is 5.76 Å². The summed E-state index contributed by atoms with van der Waals surface area (Å²) in [6.07, 6.45) is 1.20. The van der Waals surface area contributed by atoms with Crippen LogP contribution in [0.2, 0.25) is 0 Å². The molecule has 1 aliphatic heterocycles. The monoisotopic (exact) mass is 238 g/mol. The van der Waals surface area contributed by atoms with Crippen molar-refractivity contribution >= 4 is 17.8 Å². The first kappa shape index (κ1) is 11.1. The predicted octanol–water partition coefficient (Wildman–Crippen LogP) is -1.07. The van der Waals surface area contributed by atoms with Crippen molar-refractivity contribution in [3.63, 3.8) is 0 Å². The molecule has 1 saturated heterocycles. The largest absolute Gasteiger partial charge is 0.467 e. The molecule has 1 aromatic rings. The van der Waals surface area contributed by atoms with Gasteiger partial charge in [-0.25, -0.2) is 10.6 Å². The van der Waals surface area contributed by atoms with Gasteiger partial charge in [-0.1, -0.05) is 0 Å². The first-order valence-corrected chi connectivity index (χ1v) is 4.78. The molecule has 1 aromatic heterocycles. The van der Waals surface area contributed by atoms with E-state index in [0.717, 1.165) is 4.90 Å². The molecule has 4 amide bonds. The SMILES string of the molecule is NNC(=O)c1coc(CN2C(=O)CNC2=O)c1. The molecule has 4 N–H and O–H groups in total. The summed E-state index contributed by atoms with van der Waals surface area (Å²) in [5.41, 5.74) is 2.18. The molecule has 0 bridgehead atoms. The van der Waals surface area contributed by atoms with Gasteiger partial charge in [0, 0.05) is 0 Å². The third-order valence-electron chi connectivity index (χ3n) is 2.30.